The summed E-state index contributed by atoms with van der Waals surface area (Å²) in [4.78, 5) is 13.8. The fourth-order valence-corrected chi connectivity index (χ4v) is 2.83. The van der Waals surface area contributed by atoms with Gasteiger partial charge in [-0.25, -0.2) is 9.48 Å². The Labute approximate surface area is 153 Å². The van der Waals surface area contributed by atoms with Crippen LogP contribution in [-0.2, 0) is 17.5 Å². The van der Waals surface area contributed by atoms with Gasteiger partial charge in [-0.3, -0.25) is 5.32 Å². The lowest BCUT2D eigenvalue weighted by molar-refractivity contribution is -0.138. The molecule has 0 bridgehead atoms. The van der Waals surface area contributed by atoms with Crippen LogP contribution in [0.1, 0.15) is 11.1 Å². The topological polar surface area (TPSA) is 79.6 Å². The summed E-state index contributed by atoms with van der Waals surface area (Å²) in [7, 11) is 0. The molecule has 3 rings (SSSR count). The second kappa shape index (κ2) is 7.97. The molecule has 0 radical (unpaired) electrons. The summed E-state index contributed by atoms with van der Waals surface area (Å²) in [5.74, 6) is 0.261. The zero-order chi connectivity index (χ0) is 19.4. The van der Waals surface area contributed by atoms with Crippen LogP contribution >= 0.6 is 0 Å². The normalized spacial score (nSPS) is 18.2. The molecule has 2 amide bonds. The zero-order valence-electron chi connectivity index (χ0n) is 14.3. The van der Waals surface area contributed by atoms with Crippen molar-refractivity contribution in [3.63, 3.8) is 0 Å². The number of nitrogens with one attached hydrogen (secondary N) is 1. The van der Waals surface area contributed by atoms with Gasteiger partial charge >= 0.3 is 12.2 Å². The van der Waals surface area contributed by atoms with E-state index in [1.807, 2.05) is 0 Å². The highest BCUT2D eigenvalue weighted by Crippen LogP contribution is 2.32. The van der Waals surface area contributed by atoms with Crippen molar-refractivity contribution in [2.75, 3.05) is 31.6 Å². The molecular weight excluding hydrogens is 365 g/mol. The first-order valence-corrected chi connectivity index (χ1v) is 8.33. The third-order valence-corrected chi connectivity index (χ3v) is 4.13. The second-order valence-corrected chi connectivity index (χ2v) is 6.13. The Morgan fingerprint density at radius 2 is 2.11 bits per heavy atom. The van der Waals surface area contributed by atoms with Crippen LogP contribution in [-0.4, -0.2) is 58.2 Å². The molecule has 2 heterocycles. The Balaban J connectivity index is 1.74. The second-order valence-electron chi connectivity index (χ2n) is 6.13. The lowest BCUT2D eigenvalue weighted by Gasteiger charge is -2.22. The highest BCUT2D eigenvalue weighted by atomic mass is 19.4. The molecule has 1 aromatic heterocycles. The third-order valence-electron chi connectivity index (χ3n) is 4.13. The molecule has 0 spiro atoms. The van der Waals surface area contributed by atoms with Gasteiger partial charge in [0.2, 0.25) is 0 Å². The summed E-state index contributed by atoms with van der Waals surface area (Å²) in [6.07, 6.45) is -3.87. The largest absolute Gasteiger partial charge is 0.416 e. The van der Waals surface area contributed by atoms with Crippen molar-refractivity contribution in [3.05, 3.63) is 47.7 Å². The average molecular weight is 384 g/mol. The third kappa shape index (κ3) is 4.77. The number of benzene rings is 1. The van der Waals surface area contributed by atoms with E-state index in [4.69, 9.17) is 4.74 Å². The number of urea groups is 1. The number of aliphatic hydroxyl groups is 1. The number of hydrogen-bond donors (Lipinski definition) is 2. The molecule has 1 saturated heterocycles. The van der Waals surface area contributed by atoms with Crippen LogP contribution in [0.2, 0.25) is 0 Å². The number of carbonyl (C=O) groups is 1. The first-order valence-electron chi connectivity index (χ1n) is 8.33. The summed E-state index contributed by atoms with van der Waals surface area (Å²) in [6, 6.07) is 6.24. The number of rotatable bonds is 3. The lowest BCUT2D eigenvalue weighted by Crippen LogP contribution is -2.40. The maximum Gasteiger partial charge on any atom is 0.416 e. The van der Waals surface area contributed by atoms with Crippen LogP contribution in [0.3, 0.4) is 0 Å². The first-order chi connectivity index (χ1) is 12.8. The molecule has 0 saturated carbocycles. The van der Waals surface area contributed by atoms with E-state index in [-0.39, 0.29) is 31.1 Å². The van der Waals surface area contributed by atoms with Gasteiger partial charge in [0.05, 0.1) is 44.2 Å². The summed E-state index contributed by atoms with van der Waals surface area (Å²) >= 11 is 0. The number of halogens is 3. The molecule has 0 aliphatic carbocycles. The lowest BCUT2D eigenvalue weighted by atomic mass is 10.1. The van der Waals surface area contributed by atoms with E-state index in [1.54, 1.807) is 0 Å². The number of carbonyl (C=O) groups excluding carboxylic acids is 1. The molecular formula is C17H19F3N4O3. The van der Waals surface area contributed by atoms with E-state index in [0.717, 1.165) is 6.07 Å². The summed E-state index contributed by atoms with van der Waals surface area (Å²) < 4.78 is 46.0. The van der Waals surface area contributed by atoms with Crippen molar-refractivity contribution < 1.29 is 27.8 Å². The molecule has 1 aliphatic heterocycles. The molecule has 2 N–H and O–H groups in total. The van der Waals surface area contributed by atoms with Crippen LogP contribution < -0.4 is 5.32 Å². The number of nitrogens with zero attached hydrogens (tertiary/aromatic N) is 3. The standard InChI is InChI=1S/C17H19F3N4O3/c18-17(19,20)14-4-2-1-3-12(14)9-24-15(5-6-21-24)22-16(26)23-7-8-27-11-13(25)10-23/h1-6,13,25H,7-11H2,(H,22,26). The first kappa shape index (κ1) is 19.2. The molecule has 27 heavy (non-hydrogen) atoms. The zero-order valence-corrected chi connectivity index (χ0v) is 14.3. The van der Waals surface area contributed by atoms with Gasteiger partial charge in [-0.1, -0.05) is 18.2 Å². The predicted molar refractivity (Wildman–Crippen MR) is 90.2 cm³/mol. The molecule has 1 aliphatic rings. The quantitative estimate of drug-likeness (QED) is 0.850. The minimum Gasteiger partial charge on any atom is -0.389 e. The van der Waals surface area contributed by atoms with Gasteiger partial charge in [-0.05, 0) is 11.6 Å². The Morgan fingerprint density at radius 1 is 1.33 bits per heavy atom. The van der Waals surface area contributed by atoms with Gasteiger partial charge in [-0.15, -0.1) is 0 Å². The molecule has 1 unspecified atom stereocenters. The highest BCUT2D eigenvalue weighted by molar-refractivity contribution is 5.88. The van der Waals surface area contributed by atoms with E-state index in [1.165, 1.54) is 40.0 Å². The Hall–Kier alpha value is -2.59. The van der Waals surface area contributed by atoms with Gasteiger partial charge in [-0.2, -0.15) is 18.3 Å². The van der Waals surface area contributed by atoms with E-state index in [9.17, 15) is 23.1 Å². The average Bonchev–Trinajstić information content (AvgIpc) is 2.91. The number of hydrogen-bond acceptors (Lipinski definition) is 4. The molecule has 146 valence electrons. The number of amides is 2. The Kier molecular flexibility index (Phi) is 5.66. The minimum absolute atomic E-state index is 0.0443. The van der Waals surface area contributed by atoms with E-state index in [2.05, 4.69) is 10.4 Å². The molecule has 2 aromatic rings. The molecule has 7 nitrogen and oxygen atoms in total. The van der Waals surface area contributed by atoms with Gasteiger partial charge in [0.1, 0.15) is 5.82 Å². The van der Waals surface area contributed by atoms with E-state index in [0.29, 0.717) is 13.2 Å². The van der Waals surface area contributed by atoms with Crippen molar-refractivity contribution in [1.82, 2.24) is 14.7 Å². The molecule has 10 heteroatoms. The number of alkyl halides is 3. The Bertz CT molecular complexity index is 794. The predicted octanol–water partition coefficient (Wildman–Crippen LogP) is 2.18. The van der Waals surface area contributed by atoms with Crippen molar-refractivity contribution in [3.8, 4) is 0 Å². The van der Waals surface area contributed by atoms with Crippen LogP contribution in [0.4, 0.5) is 23.8 Å². The monoisotopic (exact) mass is 384 g/mol. The number of aromatic nitrogens is 2. The van der Waals surface area contributed by atoms with Crippen LogP contribution in [0.15, 0.2) is 36.5 Å². The van der Waals surface area contributed by atoms with Crippen molar-refractivity contribution in [2.24, 2.45) is 0 Å². The van der Waals surface area contributed by atoms with Gasteiger partial charge in [0, 0.05) is 12.6 Å². The fraction of sp³-hybridized carbons (Fsp3) is 0.412. The van der Waals surface area contributed by atoms with Crippen molar-refractivity contribution in [2.45, 2.75) is 18.8 Å². The summed E-state index contributed by atoms with van der Waals surface area (Å²) in [5, 5.41) is 16.4. The van der Waals surface area contributed by atoms with Crippen molar-refractivity contribution >= 4 is 11.8 Å². The number of aliphatic hydroxyl groups excluding tert-OH is 1. The summed E-state index contributed by atoms with van der Waals surface area (Å²) in [6.45, 7) is 0.702. The van der Waals surface area contributed by atoms with Crippen LogP contribution in [0.5, 0.6) is 0 Å². The number of anilines is 1. The van der Waals surface area contributed by atoms with Crippen LogP contribution in [0, 0.1) is 0 Å². The van der Waals surface area contributed by atoms with Crippen molar-refractivity contribution in [1.29, 1.82) is 0 Å². The smallest absolute Gasteiger partial charge is 0.389 e. The van der Waals surface area contributed by atoms with Crippen LogP contribution in [0.25, 0.3) is 0 Å². The van der Waals surface area contributed by atoms with Gasteiger partial charge in [0.25, 0.3) is 0 Å². The summed E-state index contributed by atoms with van der Waals surface area (Å²) in [5.41, 5.74) is -0.701. The SMILES string of the molecule is O=C(Nc1ccnn1Cc1ccccc1C(F)(F)F)N1CCOCC(O)C1. The highest BCUT2D eigenvalue weighted by Gasteiger charge is 2.33. The minimum atomic E-state index is -4.48. The molecule has 1 atom stereocenters. The fourth-order valence-electron chi connectivity index (χ4n) is 2.83. The Morgan fingerprint density at radius 3 is 2.89 bits per heavy atom. The van der Waals surface area contributed by atoms with E-state index < -0.39 is 23.9 Å². The molecule has 1 aromatic carbocycles. The maximum absolute atomic E-state index is 13.2. The number of β-amino-alcohol motifs (C(OH)–C–C–N with tert-alkyl or cyclic N) is 1. The maximum atomic E-state index is 13.2. The number of ether oxygens (including phenoxy) is 1. The van der Waals surface area contributed by atoms with Gasteiger partial charge < -0.3 is 14.7 Å². The van der Waals surface area contributed by atoms with Gasteiger partial charge in [0.15, 0.2) is 0 Å². The van der Waals surface area contributed by atoms with E-state index >= 15 is 0 Å². The molecule has 1 fully saturated rings.